The Labute approximate surface area is 196 Å². The number of aryl methyl sites for hydroxylation is 1. The zero-order chi connectivity index (χ0) is 22.1. The molecule has 0 unspecified atom stereocenters. The number of aromatic nitrogens is 5. The molecule has 1 N–H and O–H groups in total. The van der Waals surface area contributed by atoms with Crippen molar-refractivity contribution < 1.29 is 4.79 Å². The minimum absolute atomic E-state index is 0.163. The summed E-state index contributed by atoms with van der Waals surface area (Å²) >= 11 is 8.90. The highest BCUT2D eigenvalue weighted by Gasteiger charge is 2.14. The van der Waals surface area contributed by atoms with E-state index in [4.69, 9.17) is 11.6 Å². The summed E-state index contributed by atoms with van der Waals surface area (Å²) in [5.41, 5.74) is 3.57. The first kappa shape index (κ1) is 20.9. The molecule has 0 aliphatic carbocycles. The fourth-order valence-electron chi connectivity index (χ4n) is 3.42. The predicted molar refractivity (Wildman–Crippen MR) is 130 cm³/mol. The Kier molecular flexibility index (Phi) is 5.77. The van der Waals surface area contributed by atoms with Gasteiger partial charge in [-0.1, -0.05) is 59.8 Å². The van der Waals surface area contributed by atoms with E-state index < -0.39 is 0 Å². The van der Waals surface area contributed by atoms with Crippen LogP contribution in [-0.4, -0.2) is 36.4 Å². The molecule has 10 heteroatoms. The molecule has 5 rings (SSSR count). The van der Waals surface area contributed by atoms with Crippen molar-refractivity contribution in [3.63, 3.8) is 0 Å². The zero-order valence-electron chi connectivity index (χ0n) is 16.9. The summed E-state index contributed by atoms with van der Waals surface area (Å²) in [7, 11) is 1.95. The van der Waals surface area contributed by atoms with Crippen molar-refractivity contribution in [3.8, 4) is 0 Å². The number of thioether (sulfide) groups is 1. The van der Waals surface area contributed by atoms with Gasteiger partial charge in [-0.3, -0.25) is 4.79 Å². The molecule has 0 saturated heterocycles. The maximum atomic E-state index is 12.4. The lowest BCUT2D eigenvalue weighted by Crippen LogP contribution is -2.14. The smallest absolute Gasteiger partial charge is 0.236 e. The number of anilines is 1. The number of hydrogen-bond acceptors (Lipinski definition) is 7. The molecule has 32 heavy (non-hydrogen) atoms. The molecule has 0 aliphatic heterocycles. The van der Waals surface area contributed by atoms with Gasteiger partial charge in [0.25, 0.3) is 0 Å². The van der Waals surface area contributed by atoms with E-state index in [2.05, 4.69) is 25.5 Å². The van der Waals surface area contributed by atoms with Crippen LogP contribution in [0.4, 0.5) is 5.13 Å². The van der Waals surface area contributed by atoms with E-state index in [9.17, 15) is 4.79 Å². The van der Waals surface area contributed by atoms with E-state index in [0.717, 1.165) is 37.5 Å². The minimum Gasteiger partial charge on any atom is -0.327 e. The van der Waals surface area contributed by atoms with E-state index in [1.165, 1.54) is 23.1 Å². The van der Waals surface area contributed by atoms with Crippen molar-refractivity contribution in [3.05, 3.63) is 70.2 Å². The number of nitrogens with one attached hydrogen (secondary N) is 1. The summed E-state index contributed by atoms with van der Waals surface area (Å²) in [5.74, 6) is -0.00862. The first-order valence-electron chi connectivity index (χ1n) is 9.77. The lowest BCUT2D eigenvalue weighted by atomic mass is 10.1. The molecule has 0 radical (unpaired) electrons. The standard InChI is InChI=1S/C22H17ClN6OS2/c1-29-17-9-5-3-7-15(17)19-20(29)26-22(28-27-19)31-12-18(30)25-21-24-11-14(32-21)10-13-6-2-4-8-16(13)23/h2-9,11H,10,12H2,1H3,(H,24,25,30). The maximum absolute atomic E-state index is 12.4. The summed E-state index contributed by atoms with van der Waals surface area (Å²) in [6, 6.07) is 15.7. The van der Waals surface area contributed by atoms with Crippen LogP contribution in [0.1, 0.15) is 10.4 Å². The topological polar surface area (TPSA) is 85.6 Å². The number of thiazole rings is 1. The summed E-state index contributed by atoms with van der Waals surface area (Å²) in [5, 5.41) is 14.1. The maximum Gasteiger partial charge on any atom is 0.236 e. The number of carbonyl (C=O) groups is 1. The molecule has 0 bridgehead atoms. The molecule has 1 amide bonds. The van der Waals surface area contributed by atoms with Crippen molar-refractivity contribution >= 4 is 67.8 Å². The Morgan fingerprint density at radius 2 is 1.97 bits per heavy atom. The van der Waals surface area contributed by atoms with Gasteiger partial charge in [0.05, 0.1) is 11.3 Å². The normalized spacial score (nSPS) is 11.3. The summed E-state index contributed by atoms with van der Waals surface area (Å²) in [4.78, 5) is 22.3. The van der Waals surface area contributed by atoms with Crippen LogP contribution in [0.2, 0.25) is 5.02 Å². The average molecular weight is 481 g/mol. The molecule has 0 aliphatic rings. The summed E-state index contributed by atoms with van der Waals surface area (Å²) < 4.78 is 1.99. The predicted octanol–water partition coefficient (Wildman–Crippen LogP) is 4.95. The van der Waals surface area contributed by atoms with Gasteiger partial charge in [0.2, 0.25) is 11.1 Å². The van der Waals surface area contributed by atoms with E-state index >= 15 is 0 Å². The second-order valence-corrected chi connectivity index (χ2v) is 9.54. The fourth-order valence-corrected chi connectivity index (χ4v) is 5.05. The number of amides is 1. The molecule has 0 fully saturated rings. The Morgan fingerprint density at radius 3 is 2.84 bits per heavy atom. The van der Waals surface area contributed by atoms with Crippen molar-refractivity contribution in [2.75, 3.05) is 11.1 Å². The Hall–Kier alpha value is -3.01. The number of halogens is 1. The first-order valence-corrected chi connectivity index (χ1v) is 11.9. The van der Waals surface area contributed by atoms with Crippen molar-refractivity contribution in [1.29, 1.82) is 0 Å². The van der Waals surface area contributed by atoms with Gasteiger partial charge in [-0.15, -0.1) is 21.5 Å². The van der Waals surface area contributed by atoms with Gasteiger partial charge in [-0.05, 0) is 17.7 Å². The van der Waals surface area contributed by atoms with Crippen molar-refractivity contribution in [2.24, 2.45) is 7.05 Å². The first-order chi connectivity index (χ1) is 15.6. The molecule has 3 aromatic heterocycles. The quantitative estimate of drug-likeness (QED) is 0.346. The van der Waals surface area contributed by atoms with E-state index in [1.54, 1.807) is 6.20 Å². The largest absolute Gasteiger partial charge is 0.327 e. The highest BCUT2D eigenvalue weighted by Crippen LogP contribution is 2.27. The molecule has 2 aromatic carbocycles. The monoisotopic (exact) mass is 480 g/mol. The highest BCUT2D eigenvalue weighted by atomic mass is 35.5. The van der Waals surface area contributed by atoms with Gasteiger partial charge in [0, 0.05) is 35.0 Å². The van der Waals surface area contributed by atoms with Gasteiger partial charge in [-0.2, -0.15) is 0 Å². The number of benzene rings is 2. The fraction of sp³-hybridized carbons (Fsp3) is 0.136. The molecule has 0 saturated carbocycles. The zero-order valence-corrected chi connectivity index (χ0v) is 19.3. The van der Waals surface area contributed by atoms with Crippen LogP contribution in [-0.2, 0) is 18.3 Å². The van der Waals surface area contributed by atoms with Gasteiger partial charge in [0.15, 0.2) is 10.8 Å². The molecule has 160 valence electrons. The highest BCUT2D eigenvalue weighted by molar-refractivity contribution is 7.99. The Morgan fingerprint density at radius 1 is 1.16 bits per heavy atom. The third kappa shape index (κ3) is 4.19. The molecule has 0 atom stereocenters. The van der Waals surface area contributed by atoms with Crippen LogP contribution in [0.5, 0.6) is 0 Å². The molecule has 5 aromatic rings. The minimum atomic E-state index is -0.172. The SMILES string of the molecule is Cn1c2ccccc2c2nnc(SCC(=O)Nc3ncc(Cc4ccccc4Cl)s3)nc21. The Bertz CT molecular complexity index is 1450. The van der Waals surface area contributed by atoms with Crippen LogP contribution in [0.15, 0.2) is 59.9 Å². The van der Waals surface area contributed by atoms with Gasteiger partial charge >= 0.3 is 0 Å². The van der Waals surface area contributed by atoms with Crippen LogP contribution in [0.25, 0.3) is 22.1 Å². The average Bonchev–Trinajstić information content (AvgIpc) is 3.36. The van der Waals surface area contributed by atoms with E-state index in [0.29, 0.717) is 16.7 Å². The van der Waals surface area contributed by atoms with Crippen molar-refractivity contribution in [2.45, 2.75) is 11.6 Å². The van der Waals surface area contributed by atoms with Gasteiger partial charge in [0.1, 0.15) is 5.52 Å². The second-order valence-electron chi connectivity index (χ2n) is 7.08. The van der Waals surface area contributed by atoms with Crippen LogP contribution in [0.3, 0.4) is 0 Å². The number of para-hydroxylation sites is 1. The molecular formula is C22H17ClN6OS2. The number of fused-ring (bicyclic) bond motifs is 3. The number of nitrogens with zero attached hydrogens (tertiary/aromatic N) is 5. The van der Waals surface area contributed by atoms with Crippen molar-refractivity contribution in [1.82, 2.24) is 24.7 Å². The summed E-state index contributed by atoms with van der Waals surface area (Å²) in [6.45, 7) is 0. The third-order valence-corrected chi connectivity index (χ3v) is 7.06. The molecule has 3 heterocycles. The van der Waals surface area contributed by atoms with Crippen LogP contribution >= 0.6 is 34.7 Å². The number of hydrogen-bond donors (Lipinski definition) is 1. The van der Waals surface area contributed by atoms with E-state index in [1.807, 2.05) is 60.1 Å². The molecular weight excluding hydrogens is 464 g/mol. The summed E-state index contributed by atoms with van der Waals surface area (Å²) in [6.07, 6.45) is 2.43. The third-order valence-electron chi connectivity index (χ3n) is 4.94. The number of carbonyl (C=O) groups excluding carboxylic acids is 1. The van der Waals surface area contributed by atoms with Crippen LogP contribution in [0, 0.1) is 0 Å². The molecule has 7 nitrogen and oxygen atoms in total. The second kappa shape index (κ2) is 8.85. The lowest BCUT2D eigenvalue weighted by molar-refractivity contribution is -0.113. The molecule has 0 spiro atoms. The lowest BCUT2D eigenvalue weighted by Gasteiger charge is -2.02. The van der Waals surface area contributed by atoms with Crippen LogP contribution < -0.4 is 5.32 Å². The van der Waals surface area contributed by atoms with Gasteiger partial charge < -0.3 is 9.88 Å². The Balaban J connectivity index is 1.23. The van der Waals surface area contributed by atoms with Gasteiger partial charge in [-0.25, -0.2) is 9.97 Å². The number of rotatable bonds is 6. The van der Waals surface area contributed by atoms with E-state index in [-0.39, 0.29) is 11.7 Å².